The van der Waals surface area contributed by atoms with Crippen LogP contribution >= 0.6 is 11.6 Å². The third-order valence-electron chi connectivity index (χ3n) is 4.50. The van der Waals surface area contributed by atoms with E-state index in [-0.39, 0.29) is 0 Å². The molecule has 1 unspecified atom stereocenters. The average molecular weight is 263 g/mol. The van der Waals surface area contributed by atoms with Crippen molar-refractivity contribution in [3.05, 3.63) is 0 Å². The van der Waals surface area contributed by atoms with Crippen molar-refractivity contribution in [1.82, 2.24) is 0 Å². The molecule has 2 bridgehead atoms. The molecule has 0 amide bonds. The minimum absolute atomic E-state index is 0.399. The SMILES string of the molecule is CC[C@]12CC[C@](C(C)(Cl)C(=O)OC)(C[C@H]1O)O2. The van der Waals surface area contributed by atoms with E-state index in [0.29, 0.717) is 12.8 Å². The number of esters is 1. The van der Waals surface area contributed by atoms with Gasteiger partial charge in [0.15, 0.2) is 4.87 Å². The number of aliphatic hydroxyl groups excluding tert-OH is 1. The number of hydrogen-bond acceptors (Lipinski definition) is 4. The standard InChI is InChI=1S/C12H19ClO4/c1-4-11-5-6-12(17-11,7-8(11)14)10(2,13)9(15)16-3/h8,14H,4-7H2,1-3H3/t8-,10?,11+,12-/m1/s1. The lowest BCUT2D eigenvalue weighted by Gasteiger charge is -2.36. The first kappa shape index (κ1) is 13.1. The summed E-state index contributed by atoms with van der Waals surface area (Å²) in [6.45, 7) is 3.60. The Kier molecular flexibility index (Phi) is 2.96. The summed E-state index contributed by atoms with van der Waals surface area (Å²) in [7, 11) is 1.31. The summed E-state index contributed by atoms with van der Waals surface area (Å²) in [5.41, 5.74) is -1.32. The average Bonchev–Trinajstić information content (AvgIpc) is 2.82. The molecule has 0 aromatic carbocycles. The lowest BCUT2D eigenvalue weighted by molar-refractivity contribution is -0.154. The maximum Gasteiger partial charge on any atom is 0.329 e. The van der Waals surface area contributed by atoms with E-state index in [2.05, 4.69) is 0 Å². The van der Waals surface area contributed by atoms with E-state index in [4.69, 9.17) is 21.1 Å². The van der Waals surface area contributed by atoms with Gasteiger partial charge in [0, 0.05) is 6.42 Å². The molecule has 4 atom stereocenters. The Hall–Kier alpha value is -0.320. The molecule has 1 N–H and O–H groups in total. The van der Waals surface area contributed by atoms with Gasteiger partial charge in [0.2, 0.25) is 0 Å². The fourth-order valence-corrected chi connectivity index (χ4v) is 3.45. The van der Waals surface area contributed by atoms with E-state index in [9.17, 15) is 9.90 Å². The lowest BCUT2D eigenvalue weighted by Crippen LogP contribution is -2.53. The van der Waals surface area contributed by atoms with Gasteiger partial charge in [0.1, 0.15) is 5.60 Å². The third-order valence-corrected chi connectivity index (χ3v) is 5.00. The molecule has 2 saturated heterocycles. The molecule has 98 valence electrons. The van der Waals surface area contributed by atoms with Crippen LogP contribution in [-0.4, -0.2) is 40.4 Å². The number of carbonyl (C=O) groups is 1. The molecule has 0 radical (unpaired) electrons. The van der Waals surface area contributed by atoms with Gasteiger partial charge in [-0.15, -0.1) is 11.6 Å². The maximum atomic E-state index is 11.8. The highest BCUT2D eigenvalue weighted by Gasteiger charge is 2.68. The Labute approximate surface area is 106 Å². The van der Waals surface area contributed by atoms with Crippen LogP contribution in [0.25, 0.3) is 0 Å². The van der Waals surface area contributed by atoms with Crippen molar-refractivity contribution in [2.24, 2.45) is 0 Å². The predicted molar refractivity (Wildman–Crippen MR) is 63.0 cm³/mol. The van der Waals surface area contributed by atoms with E-state index in [1.807, 2.05) is 6.92 Å². The van der Waals surface area contributed by atoms with Gasteiger partial charge >= 0.3 is 5.97 Å². The van der Waals surface area contributed by atoms with Gasteiger partial charge in [-0.25, -0.2) is 0 Å². The monoisotopic (exact) mass is 262 g/mol. The van der Waals surface area contributed by atoms with Gasteiger partial charge in [0.05, 0.1) is 18.8 Å². The minimum atomic E-state index is -1.24. The van der Waals surface area contributed by atoms with Crippen molar-refractivity contribution in [3.63, 3.8) is 0 Å². The fraction of sp³-hybridized carbons (Fsp3) is 0.917. The Morgan fingerprint density at radius 2 is 2.29 bits per heavy atom. The topological polar surface area (TPSA) is 55.8 Å². The lowest BCUT2D eigenvalue weighted by atomic mass is 9.73. The molecule has 0 aromatic rings. The molecular weight excluding hydrogens is 244 g/mol. The number of methoxy groups -OCH3 is 1. The number of ether oxygens (including phenoxy) is 2. The molecule has 0 aromatic heterocycles. The second-order valence-corrected chi connectivity index (χ2v) is 5.99. The van der Waals surface area contributed by atoms with Crippen LogP contribution < -0.4 is 0 Å². The smallest absolute Gasteiger partial charge is 0.329 e. The second kappa shape index (κ2) is 3.84. The van der Waals surface area contributed by atoms with E-state index >= 15 is 0 Å². The molecular formula is C12H19ClO4. The molecule has 4 nitrogen and oxygen atoms in total. The number of aliphatic hydroxyl groups is 1. The highest BCUT2D eigenvalue weighted by atomic mass is 35.5. The number of halogens is 1. The molecule has 2 aliphatic heterocycles. The zero-order valence-electron chi connectivity index (χ0n) is 10.5. The number of alkyl halides is 1. The highest BCUT2D eigenvalue weighted by molar-refractivity contribution is 6.34. The summed E-state index contributed by atoms with van der Waals surface area (Å²) in [6, 6.07) is 0. The molecule has 17 heavy (non-hydrogen) atoms. The molecule has 2 rings (SSSR count). The summed E-state index contributed by atoms with van der Waals surface area (Å²) in [4.78, 5) is 10.5. The fourth-order valence-electron chi connectivity index (χ4n) is 3.17. The first-order chi connectivity index (χ1) is 7.83. The van der Waals surface area contributed by atoms with Gasteiger partial charge in [-0.1, -0.05) is 6.92 Å². The molecule has 2 heterocycles. The zero-order valence-corrected chi connectivity index (χ0v) is 11.2. The van der Waals surface area contributed by atoms with E-state index in [0.717, 1.165) is 12.8 Å². The summed E-state index contributed by atoms with van der Waals surface area (Å²) in [5, 5.41) is 10.1. The van der Waals surface area contributed by atoms with Crippen molar-refractivity contribution >= 4 is 17.6 Å². The van der Waals surface area contributed by atoms with Crippen LogP contribution in [0.5, 0.6) is 0 Å². The molecule has 0 aliphatic carbocycles. The van der Waals surface area contributed by atoms with E-state index in [1.165, 1.54) is 7.11 Å². The second-order valence-electron chi connectivity index (χ2n) is 5.23. The number of rotatable bonds is 3. The van der Waals surface area contributed by atoms with Crippen molar-refractivity contribution < 1.29 is 19.4 Å². The van der Waals surface area contributed by atoms with Crippen LogP contribution in [0.1, 0.15) is 39.5 Å². The Balaban J connectivity index is 2.32. The van der Waals surface area contributed by atoms with Gasteiger partial charge in [-0.3, -0.25) is 4.79 Å². The molecule has 2 fully saturated rings. The van der Waals surface area contributed by atoms with Crippen LogP contribution in [0.15, 0.2) is 0 Å². The first-order valence-corrected chi connectivity index (χ1v) is 6.37. The Morgan fingerprint density at radius 3 is 2.71 bits per heavy atom. The quantitative estimate of drug-likeness (QED) is 0.620. The van der Waals surface area contributed by atoms with Crippen LogP contribution in [0.3, 0.4) is 0 Å². The summed E-state index contributed by atoms with van der Waals surface area (Å²) < 4.78 is 10.8. The zero-order chi connectivity index (χ0) is 12.9. The van der Waals surface area contributed by atoms with Crippen molar-refractivity contribution in [1.29, 1.82) is 0 Å². The number of hydrogen-bond donors (Lipinski definition) is 1. The maximum absolute atomic E-state index is 11.8. The number of carbonyl (C=O) groups excluding carboxylic acids is 1. The summed E-state index contributed by atoms with van der Waals surface area (Å²) >= 11 is 6.35. The van der Waals surface area contributed by atoms with Gasteiger partial charge in [-0.05, 0) is 26.2 Å². The Bertz CT molecular complexity index is 343. The van der Waals surface area contributed by atoms with Crippen LogP contribution in [0, 0.1) is 0 Å². The van der Waals surface area contributed by atoms with Crippen molar-refractivity contribution in [2.45, 2.75) is 61.7 Å². The van der Waals surface area contributed by atoms with Crippen LogP contribution in [0.4, 0.5) is 0 Å². The van der Waals surface area contributed by atoms with E-state index < -0.39 is 28.1 Å². The molecule has 0 spiro atoms. The largest absolute Gasteiger partial charge is 0.468 e. The Morgan fingerprint density at radius 1 is 1.65 bits per heavy atom. The first-order valence-electron chi connectivity index (χ1n) is 5.99. The molecule has 0 saturated carbocycles. The van der Waals surface area contributed by atoms with Crippen molar-refractivity contribution in [3.8, 4) is 0 Å². The molecule has 5 heteroatoms. The number of fused-ring (bicyclic) bond motifs is 2. The summed E-state index contributed by atoms with van der Waals surface area (Å²) in [5.74, 6) is -0.500. The van der Waals surface area contributed by atoms with Crippen LogP contribution in [0.2, 0.25) is 0 Å². The molecule has 2 aliphatic rings. The van der Waals surface area contributed by atoms with E-state index in [1.54, 1.807) is 6.92 Å². The normalized spacial score (nSPS) is 43.5. The van der Waals surface area contributed by atoms with Gasteiger partial charge in [-0.2, -0.15) is 0 Å². The highest BCUT2D eigenvalue weighted by Crippen LogP contribution is 2.58. The van der Waals surface area contributed by atoms with Gasteiger partial charge in [0.25, 0.3) is 0 Å². The predicted octanol–water partition coefficient (Wildman–Crippen LogP) is 1.62. The summed E-state index contributed by atoms with van der Waals surface area (Å²) in [6.07, 6.45) is 2.00. The van der Waals surface area contributed by atoms with Gasteiger partial charge < -0.3 is 14.6 Å². The van der Waals surface area contributed by atoms with Crippen molar-refractivity contribution in [2.75, 3.05) is 7.11 Å². The minimum Gasteiger partial charge on any atom is -0.468 e. The van der Waals surface area contributed by atoms with Crippen LogP contribution in [-0.2, 0) is 14.3 Å². The third kappa shape index (κ3) is 1.54.